The van der Waals surface area contributed by atoms with Crippen molar-refractivity contribution < 1.29 is 23.1 Å². The number of anilines is 1. The van der Waals surface area contributed by atoms with Gasteiger partial charge in [0.1, 0.15) is 17.4 Å². The normalized spacial score (nSPS) is 10.3. The highest BCUT2D eigenvalue weighted by molar-refractivity contribution is 8.00. The van der Waals surface area contributed by atoms with Crippen LogP contribution in [0, 0.1) is 11.6 Å². The predicted molar refractivity (Wildman–Crippen MR) is 96.3 cm³/mol. The maximum Gasteiger partial charge on any atom is 0.243 e. The van der Waals surface area contributed by atoms with Gasteiger partial charge in [-0.25, -0.2) is 8.78 Å². The van der Waals surface area contributed by atoms with Crippen molar-refractivity contribution in [3.8, 4) is 5.75 Å². The van der Waals surface area contributed by atoms with Gasteiger partial charge in [0.2, 0.25) is 11.8 Å². The number of likely N-dealkylation sites (N-methyl/N-ethyl adjacent to an activating group) is 1. The minimum atomic E-state index is -0.593. The number of hydrogen-bond acceptors (Lipinski definition) is 4. The summed E-state index contributed by atoms with van der Waals surface area (Å²) in [7, 11) is 3.01. The van der Waals surface area contributed by atoms with E-state index in [1.807, 2.05) is 0 Å². The van der Waals surface area contributed by atoms with Gasteiger partial charge in [-0.15, -0.1) is 11.8 Å². The van der Waals surface area contributed by atoms with Gasteiger partial charge in [-0.1, -0.05) is 0 Å². The Morgan fingerprint density at radius 2 is 1.85 bits per heavy atom. The Balaban J connectivity index is 1.83. The van der Waals surface area contributed by atoms with E-state index in [4.69, 9.17) is 4.74 Å². The lowest BCUT2D eigenvalue weighted by molar-refractivity contribution is -0.131. The fourth-order valence-electron chi connectivity index (χ4n) is 2.02. The van der Waals surface area contributed by atoms with Crippen molar-refractivity contribution in [3.05, 3.63) is 54.1 Å². The number of amides is 2. The van der Waals surface area contributed by atoms with E-state index in [1.165, 1.54) is 11.9 Å². The summed E-state index contributed by atoms with van der Waals surface area (Å²) >= 11 is 0.881. The second-order valence-corrected chi connectivity index (χ2v) is 6.41. The molecular formula is C18H18F2N2O3S. The maximum absolute atomic E-state index is 13.5. The Bertz CT molecular complexity index is 785. The van der Waals surface area contributed by atoms with E-state index in [2.05, 4.69) is 5.32 Å². The highest BCUT2D eigenvalue weighted by Crippen LogP contribution is 2.22. The van der Waals surface area contributed by atoms with Gasteiger partial charge in [0.25, 0.3) is 0 Å². The number of thioether (sulfide) groups is 1. The van der Waals surface area contributed by atoms with Gasteiger partial charge in [-0.2, -0.15) is 0 Å². The summed E-state index contributed by atoms with van der Waals surface area (Å²) in [6.07, 6.45) is 0. The van der Waals surface area contributed by atoms with Crippen LogP contribution in [0.3, 0.4) is 0 Å². The molecule has 5 nitrogen and oxygen atoms in total. The highest BCUT2D eigenvalue weighted by atomic mass is 32.2. The lowest BCUT2D eigenvalue weighted by Crippen LogP contribution is -2.35. The second-order valence-electron chi connectivity index (χ2n) is 5.39. The molecule has 0 aliphatic heterocycles. The van der Waals surface area contributed by atoms with Gasteiger partial charge in [-0.3, -0.25) is 9.59 Å². The standard InChI is InChI=1S/C18H18F2N2O3S/c1-22(10-17(23)21-13-4-6-14(25-2)7-5-13)18(24)11-26-16-9-12(19)3-8-15(16)20/h3-9H,10-11H2,1-2H3,(H,21,23). The van der Waals surface area contributed by atoms with Crippen molar-refractivity contribution >= 4 is 29.3 Å². The lowest BCUT2D eigenvalue weighted by atomic mass is 10.3. The lowest BCUT2D eigenvalue weighted by Gasteiger charge is -2.17. The number of nitrogens with zero attached hydrogens (tertiary/aromatic N) is 1. The molecule has 0 heterocycles. The highest BCUT2D eigenvalue weighted by Gasteiger charge is 2.15. The van der Waals surface area contributed by atoms with Gasteiger partial charge in [0.05, 0.1) is 19.4 Å². The van der Waals surface area contributed by atoms with Crippen LogP contribution in [0.2, 0.25) is 0 Å². The van der Waals surface area contributed by atoms with E-state index in [0.29, 0.717) is 11.4 Å². The molecule has 0 radical (unpaired) electrons. The van der Waals surface area contributed by atoms with E-state index in [9.17, 15) is 18.4 Å². The Morgan fingerprint density at radius 3 is 2.50 bits per heavy atom. The van der Waals surface area contributed by atoms with E-state index in [-0.39, 0.29) is 29.0 Å². The zero-order valence-electron chi connectivity index (χ0n) is 14.3. The first-order valence-electron chi connectivity index (χ1n) is 7.64. The first-order chi connectivity index (χ1) is 12.4. The van der Waals surface area contributed by atoms with Gasteiger partial charge in [0.15, 0.2) is 0 Å². The molecule has 0 aliphatic carbocycles. The molecule has 138 valence electrons. The molecule has 26 heavy (non-hydrogen) atoms. The molecule has 1 N–H and O–H groups in total. The third kappa shape index (κ3) is 5.73. The number of nitrogens with one attached hydrogen (secondary N) is 1. The number of hydrogen-bond donors (Lipinski definition) is 1. The Morgan fingerprint density at radius 1 is 1.15 bits per heavy atom. The van der Waals surface area contributed by atoms with E-state index in [0.717, 1.165) is 30.0 Å². The van der Waals surface area contributed by atoms with Crippen LogP contribution in [0.25, 0.3) is 0 Å². The summed E-state index contributed by atoms with van der Waals surface area (Å²) in [5, 5.41) is 2.66. The summed E-state index contributed by atoms with van der Waals surface area (Å²) in [4.78, 5) is 25.4. The van der Waals surface area contributed by atoms with Gasteiger partial charge < -0.3 is 15.0 Å². The van der Waals surface area contributed by atoms with Crippen molar-refractivity contribution in [2.75, 3.05) is 31.8 Å². The van der Waals surface area contributed by atoms with E-state index in [1.54, 1.807) is 31.4 Å². The van der Waals surface area contributed by atoms with Crippen molar-refractivity contribution in [3.63, 3.8) is 0 Å². The molecule has 0 saturated carbocycles. The Hall–Kier alpha value is -2.61. The molecule has 2 amide bonds. The van der Waals surface area contributed by atoms with E-state index < -0.39 is 11.6 Å². The minimum absolute atomic E-state index is 0.0504. The first-order valence-corrected chi connectivity index (χ1v) is 8.63. The topological polar surface area (TPSA) is 58.6 Å². The molecule has 0 fully saturated rings. The largest absolute Gasteiger partial charge is 0.497 e. The third-order valence-corrected chi connectivity index (χ3v) is 4.44. The fraction of sp³-hybridized carbons (Fsp3) is 0.222. The summed E-state index contributed by atoms with van der Waals surface area (Å²) in [5.74, 6) is -1.35. The average molecular weight is 380 g/mol. The number of methoxy groups -OCH3 is 1. The number of ether oxygens (including phenoxy) is 1. The zero-order chi connectivity index (χ0) is 19.1. The number of halogens is 2. The molecule has 0 aliphatic rings. The molecule has 0 spiro atoms. The smallest absolute Gasteiger partial charge is 0.243 e. The van der Waals surface area contributed by atoms with Gasteiger partial charge in [0, 0.05) is 17.6 Å². The van der Waals surface area contributed by atoms with Crippen molar-refractivity contribution in [2.45, 2.75) is 4.90 Å². The third-order valence-electron chi connectivity index (χ3n) is 3.42. The molecule has 0 saturated heterocycles. The summed E-state index contributed by atoms with van der Waals surface area (Å²) in [5.41, 5.74) is 0.577. The molecule has 2 aromatic carbocycles. The van der Waals surface area contributed by atoms with Crippen LogP contribution in [0.5, 0.6) is 5.75 Å². The monoisotopic (exact) mass is 380 g/mol. The van der Waals surface area contributed by atoms with Crippen molar-refractivity contribution in [2.24, 2.45) is 0 Å². The average Bonchev–Trinajstić information content (AvgIpc) is 2.62. The zero-order valence-corrected chi connectivity index (χ0v) is 15.1. The van der Waals surface area contributed by atoms with E-state index >= 15 is 0 Å². The van der Waals surface area contributed by atoms with Crippen molar-refractivity contribution in [1.82, 2.24) is 4.90 Å². The molecule has 0 unspecified atom stereocenters. The van der Waals surface area contributed by atoms with Gasteiger partial charge >= 0.3 is 0 Å². The molecule has 2 aromatic rings. The summed E-state index contributed by atoms with van der Waals surface area (Å²) in [6.45, 7) is -0.156. The molecule has 0 atom stereocenters. The molecule has 0 bridgehead atoms. The summed E-state index contributed by atoms with van der Waals surface area (Å²) < 4.78 is 31.7. The SMILES string of the molecule is COc1ccc(NC(=O)CN(C)C(=O)CSc2cc(F)ccc2F)cc1. The molecular weight excluding hydrogens is 362 g/mol. The number of benzene rings is 2. The molecule has 2 rings (SSSR count). The molecule has 0 aromatic heterocycles. The van der Waals surface area contributed by atoms with Crippen LogP contribution >= 0.6 is 11.8 Å². The Labute approximate surface area is 154 Å². The number of rotatable bonds is 7. The van der Waals surface area contributed by atoms with Crippen LogP contribution < -0.4 is 10.1 Å². The van der Waals surface area contributed by atoms with Crippen LogP contribution in [0.15, 0.2) is 47.4 Å². The Kier molecular flexibility index (Phi) is 6.97. The quantitative estimate of drug-likeness (QED) is 0.750. The van der Waals surface area contributed by atoms with Crippen LogP contribution in [0.1, 0.15) is 0 Å². The maximum atomic E-state index is 13.5. The first kappa shape index (κ1) is 19.7. The number of carbonyl (C=O) groups is 2. The van der Waals surface area contributed by atoms with Crippen LogP contribution in [-0.4, -0.2) is 43.2 Å². The number of carbonyl (C=O) groups excluding carboxylic acids is 2. The van der Waals surface area contributed by atoms with Crippen LogP contribution in [-0.2, 0) is 9.59 Å². The fourth-order valence-corrected chi connectivity index (χ4v) is 2.92. The van der Waals surface area contributed by atoms with Crippen molar-refractivity contribution in [1.29, 1.82) is 0 Å². The second kappa shape index (κ2) is 9.19. The molecule has 8 heteroatoms. The van der Waals surface area contributed by atoms with Crippen LogP contribution in [0.4, 0.5) is 14.5 Å². The minimum Gasteiger partial charge on any atom is -0.497 e. The van der Waals surface area contributed by atoms with Gasteiger partial charge in [-0.05, 0) is 42.5 Å². The predicted octanol–water partition coefficient (Wildman–Crippen LogP) is 3.16. The summed E-state index contributed by atoms with van der Waals surface area (Å²) in [6, 6.07) is 9.82.